The van der Waals surface area contributed by atoms with E-state index in [1.807, 2.05) is 0 Å². The zero-order valence-electron chi connectivity index (χ0n) is 11.7. The highest BCUT2D eigenvalue weighted by Crippen LogP contribution is 2.37. The van der Waals surface area contributed by atoms with E-state index in [1.165, 1.54) is 20.3 Å². The van der Waals surface area contributed by atoms with Crippen LogP contribution in [0.25, 0.3) is 0 Å². The van der Waals surface area contributed by atoms with Crippen molar-refractivity contribution in [3.63, 3.8) is 0 Å². The lowest BCUT2D eigenvalue weighted by molar-refractivity contribution is 0.208. The summed E-state index contributed by atoms with van der Waals surface area (Å²) in [5, 5.41) is 10.5. The Kier molecular flexibility index (Phi) is 4.25. The lowest BCUT2D eigenvalue weighted by atomic mass is 9.98. The van der Waals surface area contributed by atoms with E-state index in [1.54, 1.807) is 37.3 Å². The molecule has 0 spiro atoms. The van der Waals surface area contributed by atoms with Crippen molar-refractivity contribution in [1.82, 2.24) is 0 Å². The Morgan fingerprint density at radius 1 is 1.05 bits per heavy atom. The van der Waals surface area contributed by atoms with Crippen LogP contribution in [0, 0.1) is 12.7 Å². The molecular weight excluding hydrogens is 259 g/mol. The van der Waals surface area contributed by atoms with Crippen LogP contribution in [0.15, 0.2) is 36.4 Å². The molecule has 1 N–H and O–H groups in total. The molecule has 0 aliphatic heterocycles. The van der Waals surface area contributed by atoms with Crippen LogP contribution < -0.4 is 9.47 Å². The molecule has 0 aliphatic carbocycles. The molecule has 2 aromatic carbocycles. The fourth-order valence-electron chi connectivity index (χ4n) is 2.15. The number of hydrogen-bond acceptors (Lipinski definition) is 3. The smallest absolute Gasteiger partial charge is 0.128 e. The minimum absolute atomic E-state index is 0.298. The van der Waals surface area contributed by atoms with Crippen LogP contribution in [0.1, 0.15) is 22.8 Å². The maximum atomic E-state index is 13.3. The molecule has 1 atom stereocenters. The van der Waals surface area contributed by atoms with Crippen molar-refractivity contribution in [2.75, 3.05) is 14.2 Å². The van der Waals surface area contributed by atoms with Crippen molar-refractivity contribution in [3.8, 4) is 11.5 Å². The number of hydrogen-bond donors (Lipinski definition) is 1. The highest BCUT2D eigenvalue weighted by atomic mass is 19.1. The summed E-state index contributed by atoms with van der Waals surface area (Å²) in [4.78, 5) is 0. The van der Waals surface area contributed by atoms with E-state index in [0.717, 1.165) is 0 Å². The second-order valence-corrected chi connectivity index (χ2v) is 4.49. The summed E-state index contributed by atoms with van der Waals surface area (Å²) >= 11 is 0. The molecular formula is C16H17FO3. The van der Waals surface area contributed by atoms with Gasteiger partial charge in [0.05, 0.1) is 19.8 Å². The minimum atomic E-state index is -0.944. The van der Waals surface area contributed by atoms with E-state index in [9.17, 15) is 9.50 Å². The summed E-state index contributed by atoms with van der Waals surface area (Å²) in [6, 6.07) is 9.79. The Morgan fingerprint density at radius 2 is 1.65 bits per heavy atom. The molecule has 4 heteroatoms. The molecule has 0 saturated heterocycles. The molecule has 0 radical (unpaired) electrons. The Hall–Kier alpha value is -2.07. The predicted molar refractivity (Wildman–Crippen MR) is 74.7 cm³/mol. The second kappa shape index (κ2) is 5.92. The number of aliphatic hydroxyl groups excluding tert-OH is 1. The van der Waals surface area contributed by atoms with Gasteiger partial charge in [0.25, 0.3) is 0 Å². The first-order chi connectivity index (χ1) is 9.58. The van der Waals surface area contributed by atoms with Gasteiger partial charge in [0.15, 0.2) is 0 Å². The quantitative estimate of drug-likeness (QED) is 0.931. The fraction of sp³-hybridized carbons (Fsp3) is 0.250. The van der Waals surface area contributed by atoms with E-state index in [2.05, 4.69) is 0 Å². The maximum Gasteiger partial charge on any atom is 0.128 e. The normalized spacial score (nSPS) is 12.1. The molecule has 0 saturated carbocycles. The van der Waals surface area contributed by atoms with E-state index >= 15 is 0 Å². The molecule has 0 fully saturated rings. The Bertz CT molecular complexity index is 588. The summed E-state index contributed by atoms with van der Waals surface area (Å²) in [7, 11) is 3.06. The molecule has 0 amide bonds. The van der Waals surface area contributed by atoms with Crippen LogP contribution in [-0.4, -0.2) is 19.3 Å². The van der Waals surface area contributed by atoms with Crippen LogP contribution in [0.5, 0.6) is 11.5 Å². The minimum Gasteiger partial charge on any atom is -0.496 e. The molecule has 1 unspecified atom stereocenters. The van der Waals surface area contributed by atoms with Gasteiger partial charge in [-0.2, -0.15) is 0 Å². The topological polar surface area (TPSA) is 38.7 Å². The van der Waals surface area contributed by atoms with Gasteiger partial charge in [0.1, 0.15) is 23.4 Å². The number of halogens is 1. The van der Waals surface area contributed by atoms with Gasteiger partial charge in [0, 0.05) is 0 Å². The van der Waals surface area contributed by atoms with E-state index in [-0.39, 0.29) is 5.82 Å². The summed E-state index contributed by atoms with van der Waals surface area (Å²) < 4.78 is 23.9. The molecule has 2 rings (SSSR count). The average Bonchev–Trinajstić information content (AvgIpc) is 2.48. The van der Waals surface area contributed by atoms with Crippen molar-refractivity contribution >= 4 is 0 Å². The highest BCUT2D eigenvalue weighted by molar-refractivity contribution is 5.49. The highest BCUT2D eigenvalue weighted by Gasteiger charge is 2.20. The molecule has 0 aromatic heterocycles. The standard InChI is InChI=1S/C16H17FO3/c1-10-9-11(7-8-12(10)17)16(18)15-13(19-2)5-4-6-14(15)20-3/h4-9,16,18H,1-3H3. The number of aliphatic hydroxyl groups is 1. The van der Waals surface area contributed by atoms with Crippen molar-refractivity contribution in [2.24, 2.45) is 0 Å². The van der Waals surface area contributed by atoms with Crippen LogP contribution in [0.3, 0.4) is 0 Å². The van der Waals surface area contributed by atoms with Gasteiger partial charge in [0.2, 0.25) is 0 Å². The lowest BCUT2D eigenvalue weighted by Gasteiger charge is -2.18. The van der Waals surface area contributed by atoms with Gasteiger partial charge in [-0.3, -0.25) is 0 Å². The van der Waals surface area contributed by atoms with Gasteiger partial charge in [-0.15, -0.1) is 0 Å². The first-order valence-corrected chi connectivity index (χ1v) is 6.23. The fourth-order valence-corrected chi connectivity index (χ4v) is 2.15. The number of ether oxygens (including phenoxy) is 2. The number of aryl methyl sites for hydroxylation is 1. The van der Waals surface area contributed by atoms with Gasteiger partial charge in [-0.25, -0.2) is 4.39 Å². The van der Waals surface area contributed by atoms with Gasteiger partial charge in [-0.05, 0) is 36.2 Å². The van der Waals surface area contributed by atoms with Crippen LogP contribution >= 0.6 is 0 Å². The molecule has 20 heavy (non-hydrogen) atoms. The number of methoxy groups -OCH3 is 2. The average molecular weight is 276 g/mol. The Labute approximate surface area is 117 Å². The largest absolute Gasteiger partial charge is 0.496 e. The van der Waals surface area contributed by atoms with Crippen molar-refractivity contribution < 1.29 is 19.0 Å². The van der Waals surface area contributed by atoms with Gasteiger partial charge in [-0.1, -0.05) is 18.2 Å². The van der Waals surface area contributed by atoms with E-state index in [0.29, 0.717) is 28.2 Å². The van der Waals surface area contributed by atoms with Crippen molar-refractivity contribution in [3.05, 3.63) is 58.9 Å². The first kappa shape index (κ1) is 14.3. The monoisotopic (exact) mass is 276 g/mol. The second-order valence-electron chi connectivity index (χ2n) is 4.49. The van der Waals surface area contributed by atoms with Gasteiger partial charge >= 0.3 is 0 Å². The predicted octanol–water partition coefficient (Wildman–Crippen LogP) is 3.23. The molecule has 0 heterocycles. The third-order valence-electron chi connectivity index (χ3n) is 3.24. The SMILES string of the molecule is COc1cccc(OC)c1C(O)c1ccc(F)c(C)c1. The number of benzene rings is 2. The Morgan fingerprint density at radius 3 is 2.15 bits per heavy atom. The Balaban J connectivity index is 2.51. The molecule has 0 aliphatic rings. The van der Waals surface area contributed by atoms with Crippen LogP contribution in [0.4, 0.5) is 4.39 Å². The van der Waals surface area contributed by atoms with Crippen LogP contribution in [-0.2, 0) is 0 Å². The van der Waals surface area contributed by atoms with Gasteiger partial charge < -0.3 is 14.6 Å². The third-order valence-corrected chi connectivity index (χ3v) is 3.24. The molecule has 0 bridgehead atoms. The lowest BCUT2D eigenvalue weighted by Crippen LogP contribution is -2.05. The molecule has 2 aromatic rings. The maximum absolute atomic E-state index is 13.3. The summed E-state index contributed by atoms with van der Waals surface area (Å²) in [6.45, 7) is 1.66. The van der Waals surface area contributed by atoms with Crippen LogP contribution in [0.2, 0.25) is 0 Å². The zero-order chi connectivity index (χ0) is 14.7. The first-order valence-electron chi connectivity index (χ1n) is 6.23. The number of rotatable bonds is 4. The van der Waals surface area contributed by atoms with E-state index in [4.69, 9.17) is 9.47 Å². The third kappa shape index (κ3) is 2.60. The summed E-state index contributed by atoms with van der Waals surface area (Å²) in [5.74, 6) is 0.755. The summed E-state index contributed by atoms with van der Waals surface area (Å²) in [5.41, 5.74) is 1.60. The summed E-state index contributed by atoms with van der Waals surface area (Å²) in [6.07, 6.45) is -0.944. The zero-order valence-corrected chi connectivity index (χ0v) is 11.7. The molecule has 106 valence electrons. The van der Waals surface area contributed by atoms with Crippen molar-refractivity contribution in [2.45, 2.75) is 13.0 Å². The van der Waals surface area contributed by atoms with E-state index < -0.39 is 6.10 Å². The molecule has 3 nitrogen and oxygen atoms in total. The van der Waals surface area contributed by atoms with Crippen molar-refractivity contribution in [1.29, 1.82) is 0 Å².